The van der Waals surface area contributed by atoms with E-state index in [0.717, 1.165) is 4.90 Å². The summed E-state index contributed by atoms with van der Waals surface area (Å²) in [6.07, 6.45) is -1.74. The van der Waals surface area contributed by atoms with Crippen LogP contribution < -0.4 is 0 Å². The summed E-state index contributed by atoms with van der Waals surface area (Å²) in [6, 6.07) is 0. The normalized spacial score (nSPS) is 21.2. The molecule has 0 heterocycles. The molecule has 20 heteroatoms. The zero-order chi connectivity index (χ0) is 43.8. The van der Waals surface area contributed by atoms with Crippen LogP contribution in [0.15, 0.2) is 12.7 Å². The topological polar surface area (TPSA) is 250 Å². The number of nitrogens with zero attached hydrogens (tertiary/aromatic N) is 2. The Labute approximate surface area is 331 Å². The number of carbonyl (C=O) groups excluding carboxylic acids is 7. The van der Waals surface area contributed by atoms with Crippen LogP contribution in [0.5, 0.6) is 0 Å². The predicted molar refractivity (Wildman–Crippen MR) is 189 cm³/mol. The Hall–Kier alpha value is -4.33. The molecule has 0 aliphatic heterocycles. The molecular weight excluding hydrogens is 923 g/mol. The van der Waals surface area contributed by atoms with Crippen molar-refractivity contribution < 1.29 is 91.0 Å². The first-order valence-corrected chi connectivity index (χ1v) is 21.2. The zero-order valence-electron chi connectivity index (χ0n) is 34.0. The molecule has 2 aliphatic carbocycles. The molecule has 0 aromatic rings. The number of ether oxygens (including phenoxy) is 6. The molecule has 0 spiro atoms. The van der Waals surface area contributed by atoms with Crippen molar-refractivity contribution in [2.75, 3.05) is 13.2 Å². The molecule has 324 valence electrons. The standard InChI is InChI=1S/C18H29NO6.C17H27NO7.CH4.4O.Os/c1-9-12-11-18(12,13(20)23-10-2)19(14(21)24-16(3,4)5)15(22)25-17(6,7)8;1-8-23-12(20)17(9-11(17)10-19)18(13(21)24-15(2,3)4)14(22)25-16(5,6)7;;;;;;/h9,12H,1,10-11H2,2-8H3;10-11H,8-9H2,1-7H3;1H4;;;;;/t12-,18-;11-,17+;;;;;;/m10....../s1. The van der Waals surface area contributed by atoms with Gasteiger partial charge in [0.1, 0.15) is 28.7 Å². The van der Waals surface area contributed by atoms with Crippen molar-refractivity contribution in [3.8, 4) is 0 Å². The average Bonchev–Trinajstić information content (AvgIpc) is 3.83. The fourth-order valence-corrected chi connectivity index (χ4v) is 4.70. The first-order valence-electron chi connectivity index (χ1n) is 17.1. The van der Waals surface area contributed by atoms with E-state index in [-0.39, 0.29) is 33.5 Å². The molecule has 0 aromatic heterocycles. The molecule has 4 amide bonds. The van der Waals surface area contributed by atoms with Gasteiger partial charge in [0.05, 0.1) is 19.1 Å². The van der Waals surface area contributed by atoms with Crippen molar-refractivity contribution in [1.82, 2.24) is 9.80 Å². The number of amides is 4. The molecule has 2 fully saturated rings. The molecule has 0 radical (unpaired) electrons. The number of aldehydes is 1. The van der Waals surface area contributed by atoms with E-state index >= 15 is 0 Å². The monoisotopic (exact) mass is 984 g/mol. The minimum absolute atomic E-state index is 0. The third kappa shape index (κ3) is 16.8. The van der Waals surface area contributed by atoms with Gasteiger partial charge in [-0.2, -0.15) is 9.80 Å². The summed E-state index contributed by atoms with van der Waals surface area (Å²) in [5, 5.41) is 0. The van der Waals surface area contributed by atoms with Crippen LogP contribution >= 0.6 is 0 Å². The molecular formula is C36H60N2O17Os. The molecule has 0 N–H and O–H groups in total. The van der Waals surface area contributed by atoms with E-state index in [1.54, 1.807) is 96.9 Å². The number of rotatable bonds is 8. The molecule has 4 atom stereocenters. The van der Waals surface area contributed by atoms with Gasteiger partial charge in [-0.1, -0.05) is 13.5 Å². The van der Waals surface area contributed by atoms with Crippen molar-refractivity contribution >= 4 is 42.6 Å². The summed E-state index contributed by atoms with van der Waals surface area (Å²) in [4.78, 5) is 88.2. The molecule has 0 saturated heterocycles. The van der Waals surface area contributed by atoms with E-state index in [0.29, 0.717) is 11.2 Å². The fourth-order valence-electron chi connectivity index (χ4n) is 4.70. The number of hydrogen-bond acceptors (Lipinski definition) is 17. The maximum absolute atomic E-state index is 12.7. The molecule has 0 aromatic carbocycles. The number of imide groups is 2. The first kappa shape index (κ1) is 53.8. The number of esters is 2. The predicted octanol–water partition coefficient (Wildman–Crippen LogP) is 6.50. The van der Waals surface area contributed by atoms with E-state index < -0.39 is 96.5 Å². The van der Waals surface area contributed by atoms with Crippen molar-refractivity contribution in [2.24, 2.45) is 11.8 Å². The molecule has 2 saturated carbocycles. The third-order valence-corrected chi connectivity index (χ3v) is 6.78. The van der Waals surface area contributed by atoms with Crippen LogP contribution in [0.2, 0.25) is 0 Å². The van der Waals surface area contributed by atoms with Crippen LogP contribution in [0.4, 0.5) is 19.2 Å². The van der Waals surface area contributed by atoms with Crippen molar-refractivity contribution in [3.63, 3.8) is 0 Å². The van der Waals surface area contributed by atoms with Gasteiger partial charge in [-0.05, 0) is 110 Å². The van der Waals surface area contributed by atoms with Crippen LogP contribution in [0.3, 0.4) is 0 Å². The summed E-state index contributed by atoms with van der Waals surface area (Å²) in [5.41, 5.74) is -6.68. The summed E-state index contributed by atoms with van der Waals surface area (Å²) < 4.78 is 65.8. The Kier molecular flexibility index (Phi) is 18.9. The Morgan fingerprint density at radius 3 is 0.982 bits per heavy atom. The van der Waals surface area contributed by atoms with Gasteiger partial charge in [0.15, 0.2) is 11.1 Å². The summed E-state index contributed by atoms with van der Waals surface area (Å²) in [6.45, 7) is 26.9. The average molecular weight is 983 g/mol. The summed E-state index contributed by atoms with van der Waals surface area (Å²) in [7, 11) is 0. The van der Waals surface area contributed by atoms with Gasteiger partial charge >= 0.3 is 65.3 Å². The van der Waals surface area contributed by atoms with Crippen molar-refractivity contribution in [1.29, 1.82) is 0 Å². The third-order valence-electron chi connectivity index (χ3n) is 6.78. The van der Waals surface area contributed by atoms with Crippen molar-refractivity contribution in [2.45, 2.75) is 151 Å². The van der Waals surface area contributed by atoms with E-state index in [2.05, 4.69) is 6.58 Å². The van der Waals surface area contributed by atoms with Crippen molar-refractivity contribution in [3.05, 3.63) is 12.7 Å². The molecule has 2 aliphatic rings. The zero-order valence-corrected chi connectivity index (χ0v) is 36.6. The van der Waals surface area contributed by atoms with E-state index in [1.807, 2.05) is 0 Å². The quantitative estimate of drug-likeness (QED) is 0.109. The number of carbonyl (C=O) groups is 7. The van der Waals surface area contributed by atoms with Gasteiger partial charge in [-0.25, -0.2) is 28.8 Å². The van der Waals surface area contributed by atoms with Crippen LogP contribution in [0.25, 0.3) is 0 Å². The van der Waals surface area contributed by atoms with Gasteiger partial charge < -0.3 is 33.2 Å². The minimum atomic E-state index is -6.06. The van der Waals surface area contributed by atoms with Crippen LogP contribution in [0.1, 0.15) is 117 Å². The second-order valence-electron chi connectivity index (χ2n) is 16.2. The molecule has 0 unspecified atom stereocenters. The van der Waals surface area contributed by atoms with Gasteiger partial charge in [-0.3, -0.25) is 0 Å². The van der Waals surface area contributed by atoms with Gasteiger partial charge in [0.25, 0.3) is 0 Å². The van der Waals surface area contributed by atoms with Gasteiger partial charge in [0, 0.05) is 5.92 Å². The van der Waals surface area contributed by atoms with Crippen LogP contribution in [-0.2, 0) is 71.8 Å². The second-order valence-corrected chi connectivity index (χ2v) is 18.8. The van der Waals surface area contributed by atoms with Crippen LogP contribution in [0, 0.1) is 11.8 Å². The Bertz CT molecular complexity index is 1520. The first-order chi connectivity index (χ1) is 24.6. The molecule has 0 bridgehead atoms. The molecule has 19 nitrogen and oxygen atoms in total. The summed E-state index contributed by atoms with van der Waals surface area (Å²) >= 11 is -6.06. The maximum atomic E-state index is 12.7. The SMILES string of the molecule is C.C=C[C@@H]1C[C@@]1(C(=O)OCC)N(C(=O)OC(C)(C)C)C(=O)OC(C)(C)C.CCOC(=O)[C@@]1(N(C(=O)OC(C)(C)C)C(=O)OC(C)(C)C)C[C@H]1C=O.[O]=[Os](=[O])(=[O])=[O]. The van der Waals surface area contributed by atoms with Gasteiger partial charge in [0.2, 0.25) is 0 Å². The Morgan fingerprint density at radius 2 is 0.821 bits per heavy atom. The second kappa shape index (κ2) is 19.7. The van der Waals surface area contributed by atoms with E-state index in [9.17, 15) is 33.6 Å². The number of hydrogen-bond donors (Lipinski definition) is 0. The van der Waals surface area contributed by atoms with Crippen LogP contribution in [-0.4, -0.2) is 99.1 Å². The van der Waals surface area contributed by atoms with Gasteiger partial charge in [-0.15, -0.1) is 6.58 Å². The fraction of sp³-hybridized carbons (Fsp3) is 0.750. The van der Waals surface area contributed by atoms with E-state index in [4.69, 9.17) is 42.6 Å². The molecule has 56 heavy (non-hydrogen) atoms. The molecule has 2 rings (SSSR count). The van der Waals surface area contributed by atoms with E-state index in [1.165, 1.54) is 6.08 Å². The Morgan fingerprint density at radius 1 is 0.589 bits per heavy atom. The Balaban J connectivity index is 0. The summed E-state index contributed by atoms with van der Waals surface area (Å²) in [5.74, 6) is -2.77.